The Morgan fingerprint density at radius 2 is 2.04 bits per heavy atom. The lowest BCUT2D eigenvalue weighted by Gasteiger charge is -2.26. The molecule has 0 radical (unpaired) electrons. The third kappa shape index (κ3) is 3.57. The molecule has 0 spiro atoms. The van der Waals surface area contributed by atoms with Crippen LogP contribution in [0.5, 0.6) is 0 Å². The number of nitrogens with zero attached hydrogens (tertiary/aromatic N) is 4. The molecule has 1 unspecified atom stereocenters. The highest BCUT2D eigenvalue weighted by molar-refractivity contribution is 5.66. The van der Waals surface area contributed by atoms with Gasteiger partial charge in [0.1, 0.15) is 0 Å². The first kappa shape index (κ1) is 16.9. The number of hydrogen-bond acceptors (Lipinski definition) is 5. The molecule has 1 aromatic carbocycles. The van der Waals surface area contributed by atoms with Gasteiger partial charge in [-0.3, -0.25) is 4.90 Å². The Bertz CT molecular complexity index is 660. The third-order valence-corrected chi connectivity index (χ3v) is 4.55. The van der Waals surface area contributed by atoms with Gasteiger partial charge in [-0.1, -0.05) is 30.3 Å². The SMILES string of the molecule is COCCN1CCCC1c1nc(N(C)C)ncc1-c1ccccc1. The van der Waals surface area contributed by atoms with Gasteiger partial charge in [-0.25, -0.2) is 9.97 Å². The van der Waals surface area contributed by atoms with Gasteiger partial charge in [0.15, 0.2) is 0 Å². The maximum atomic E-state index is 5.28. The maximum Gasteiger partial charge on any atom is 0.225 e. The Morgan fingerprint density at radius 1 is 1.25 bits per heavy atom. The largest absolute Gasteiger partial charge is 0.383 e. The number of ether oxygens (including phenoxy) is 1. The Balaban J connectivity index is 2.01. The van der Waals surface area contributed by atoms with Crippen molar-refractivity contribution in [2.24, 2.45) is 0 Å². The molecule has 128 valence electrons. The molecule has 1 aliphatic heterocycles. The minimum Gasteiger partial charge on any atom is -0.383 e. The van der Waals surface area contributed by atoms with Gasteiger partial charge in [-0.05, 0) is 24.9 Å². The quantitative estimate of drug-likeness (QED) is 0.816. The van der Waals surface area contributed by atoms with Crippen molar-refractivity contribution in [2.75, 3.05) is 45.8 Å². The molecule has 0 N–H and O–H groups in total. The summed E-state index contributed by atoms with van der Waals surface area (Å²) in [6.45, 7) is 2.79. The fourth-order valence-electron chi connectivity index (χ4n) is 3.31. The molecule has 1 fully saturated rings. The molecule has 1 saturated heterocycles. The van der Waals surface area contributed by atoms with Crippen molar-refractivity contribution < 1.29 is 4.74 Å². The van der Waals surface area contributed by atoms with Crippen molar-refractivity contribution in [3.05, 3.63) is 42.2 Å². The zero-order chi connectivity index (χ0) is 16.9. The summed E-state index contributed by atoms with van der Waals surface area (Å²) in [4.78, 5) is 13.9. The Hall–Kier alpha value is -1.98. The normalized spacial score (nSPS) is 18.0. The molecule has 1 atom stereocenters. The molecule has 1 aromatic heterocycles. The summed E-state index contributed by atoms with van der Waals surface area (Å²) in [7, 11) is 5.73. The summed E-state index contributed by atoms with van der Waals surface area (Å²) in [5.74, 6) is 0.767. The van der Waals surface area contributed by atoms with E-state index in [2.05, 4.69) is 34.1 Å². The fourth-order valence-corrected chi connectivity index (χ4v) is 3.31. The Morgan fingerprint density at radius 3 is 2.75 bits per heavy atom. The molecule has 24 heavy (non-hydrogen) atoms. The highest BCUT2D eigenvalue weighted by Gasteiger charge is 2.29. The number of likely N-dealkylation sites (tertiary alicyclic amines) is 1. The monoisotopic (exact) mass is 326 g/mol. The minimum atomic E-state index is 0.331. The van der Waals surface area contributed by atoms with Crippen LogP contribution in [0, 0.1) is 0 Å². The van der Waals surface area contributed by atoms with Crippen molar-refractivity contribution >= 4 is 5.95 Å². The van der Waals surface area contributed by atoms with E-state index in [-0.39, 0.29) is 0 Å². The number of hydrogen-bond donors (Lipinski definition) is 0. The molecular weight excluding hydrogens is 300 g/mol. The second-order valence-corrected chi connectivity index (χ2v) is 6.42. The summed E-state index contributed by atoms with van der Waals surface area (Å²) in [5, 5.41) is 0. The molecule has 2 aromatic rings. The van der Waals surface area contributed by atoms with Crippen LogP contribution in [-0.4, -0.2) is 55.8 Å². The highest BCUT2D eigenvalue weighted by atomic mass is 16.5. The van der Waals surface area contributed by atoms with Gasteiger partial charge in [0.2, 0.25) is 5.95 Å². The topological polar surface area (TPSA) is 41.5 Å². The van der Waals surface area contributed by atoms with E-state index in [0.29, 0.717) is 6.04 Å². The van der Waals surface area contributed by atoms with Gasteiger partial charge < -0.3 is 9.64 Å². The van der Waals surface area contributed by atoms with E-state index in [1.54, 1.807) is 7.11 Å². The zero-order valence-electron chi connectivity index (χ0n) is 14.8. The van der Waals surface area contributed by atoms with Gasteiger partial charge in [0, 0.05) is 39.5 Å². The lowest BCUT2D eigenvalue weighted by Crippen LogP contribution is -2.28. The number of methoxy groups -OCH3 is 1. The van der Waals surface area contributed by atoms with Crippen molar-refractivity contribution in [3.8, 4) is 11.1 Å². The predicted octanol–water partition coefficient (Wildman–Crippen LogP) is 2.99. The number of benzene rings is 1. The molecule has 0 amide bonds. The van der Waals surface area contributed by atoms with Crippen LogP contribution in [-0.2, 0) is 4.74 Å². The van der Waals surface area contributed by atoms with Crippen molar-refractivity contribution in [2.45, 2.75) is 18.9 Å². The fraction of sp³-hybridized carbons (Fsp3) is 0.474. The van der Waals surface area contributed by atoms with Gasteiger partial charge in [0.25, 0.3) is 0 Å². The molecule has 5 nitrogen and oxygen atoms in total. The summed E-state index contributed by atoms with van der Waals surface area (Å²) in [5.41, 5.74) is 3.44. The summed E-state index contributed by atoms with van der Waals surface area (Å²) < 4.78 is 5.28. The minimum absolute atomic E-state index is 0.331. The van der Waals surface area contributed by atoms with Crippen LogP contribution in [0.4, 0.5) is 5.95 Å². The van der Waals surface area contributed by atoms with E-state index >= 15 is 0 Å². The van der Waals surface area contributed by atoms with Gasteiger partial charge >= 0.3 is 0 Å². The van der Waals surface area contributed by atoms with Gasteiger partial charge in [0.05, 0.1) is 18.3 Å². The number of rotatable bonds is 6. The zero-order valence-corrected chi connectivity index (χ0v) is 14.8. The average Bonchev–Trinajstić information content (AvgIpc) is 3.08. The average molecular weight is 326 g/mol. The smallest absolute Gasteiger partial charge is 0.225 e. The lowest BCUT2D eigenvalue weighted by molar-refractivity contribution is 0.140. The van der Waals surface area contributed by atoms with Crippen LogP contribution < -0.4 is 4.90 Å². The van der Waals surface area contributed by atoms with Gasteiger partial charge in [-0.2, -0.15) is 0 Å². The van der Waals surface area contributed by atoms with Crippen LogP contribution >= 0.6 is 0 Å². The third-order valence-electron chi connectivity index (χ3n) is 4.55. The first-order chi connectivity index (χ1) is 11.7. The van der Waals surface area contributed by atoms with E-state index in [4.69, 9.17) is 9.72 Å². The molecule has 1 aliphatic rings. The molecule has 0 bridgehead atoms. The second kappa shape index (κ2) is 7.73. The van der Waals surface area contributed by atoms with E-state index < -0.39 is 0 Å². The van der Waals surface area contributed by atoms with Crippen LogP contribution in [0.15, 0.2) is 36.5 Å². The Labute approximate surface area is 144 Å². The van der Waals surface area contributed by atoms with Crippen molar-refractivity contribution in [1.82, 2.24) is 14.9 Å². The van der Waals surface area contributed by atoms with E-state index in [9.17, 15) is 0 Å². The first-order valence-electron chi connectivity index (χ1n) is 8.53. The summed E-state index contributed by atoms with van der Waals surface area (Å²) in [6, 6.07) is 10.8. The molecule has 5 heteroatoms. The maximum absolute atomic E-state index is 5.28. The summed E-state index contributed by atoms with van der Waals surface area (Å²) >= 11 is 0. The molecular formula is C19H26N4O. The predicted molar refractivity (Wildman–Crippen MR) is 97.2 cm³/mol. The molecule has 0 aliphatic carbocycles. The second-order valence-electron chi connectivity index (χ2n) is 6.42. The van der Waals surface area contributed by atoms with Crippen LogP contribution in [0.1, 0.15) is 24.6 Å². The molecule has 3 rings (SSSR count). The van der Waals surface area contributed by atoms with Crippen molar-refractivity contribution in [1.29, 1.82) is 0 Å². The first-order valence-corrected chi connectivity index (χ1v) is 8.53. The van der Waals surface area contributed by atoms with E-state index in [1.165, 1.54) is 12.0 Å². The van der Waals surface area contributed by atoms with Crippen LogP contribution in [0.3, 0.4) is 0 Å². The van der Waals surface area contributed by atoms with E-state index in [1.807, 2.05) is 31.3 Å². The molecule has 0 saturated carbocycles. The highest BCUT2D eigenvalue weighted by Crippen LogP contribution is 2.36. The van der Waals surface area contributed by atoms with Crippen molar-refractivity contribution in [3.63, 3.8) is 0 Å². The van der Waals surface area contributed by atoms with Crippen LogP contribution in [0.25, 0.3) is 11.1 Å². The van der Waals surface area contributed by atoms with Crippen LogP contribution in [0.2, 0.25) is 0 Å². The number of anilines is 1. The number of aromatic nitrogens is 2. The molecule has 2 heterocycles. The summed E-state index contributed by atoms with van der Waals surface area (Å²) in [6.07, 6.45) is 4.30. The lowest BCUT2D eigenvalue weighted by atomic mass is 10.00. The Kier molecular flexibility index (Phi) is 5.43. The van der Waals surface area contributed by atoms with Gasteiger partial charge in [-0.15, -0.1) is 0 Å². The van der Waals surface area contributed by atoms with E-state index in [0.717, 1.165) is 43.3 Å². The standard InChI is InChI=1S/C19H26N4O/c1-22(2)19-20-14-16(15-8-5-4-6-9-15)18(21-19)17-10-7-11-23(17)12-13-24-3/h4-6,8-9,14,17H,7,10-13H2,1-3H3.